The number of aryl methyl sites for hydroxylation is 1. The molecule has 18 heavy (non-hydrogen) atoms. The molecular weight excluding hydrogens is 242 g/mol. The normalized spacial score (nSPS) is 30.1. The lowest BCUT2D eigenvalue weighted by atomic mass is 9.83. The minimum Gasteiger partial charge on any atom is -0.399 e. The first-order valence-corrected chi connectivity index (χ1v) is 7.95. The number of hydrogen-bond donors (Lipinski definition) is 1. The Bertz CT molecular complexity index is 448. The summed E-state index contributed by atoms with van der Waals surface area (Å²) in [5.41, 5.74) is 7.62. The van der Waals surface area contributed by atoms with Crippen LogP contribution in [0.1, 0.15) is 38.7 Å². The molecule has 3 heteroatoms. The van der Waals surface area contributed by atoms with Gasteiger partial charge in [-0.05, 0) is 55.7 Å². The summed E-state index contributed by atoms with van der Waals surface area (Å²) in [6.45, 7) is 6.56. The Hall–Kier alpha value is -0.830. The van der Waals surface area contributed by atoms with Crippen molar-refractivity contribution >= 4 is 16.5 Å². The quantitative estimate of drug-likeness (QED) is 0.832. The van der Waals surface area contributed by atoms with Crippen LogP contribution < -0.4 is 5.73 Å². The van der Waals surface area contributed by atoms with Crippen LogP contribution in [0.4, 0.5) is 5.69 Å². The van der Waals surface area contributed by atoms with Gasteiger partial charge >= 0.3 is 0 Å². The van der Waals surface area contributed by atoms with Crippen LogP contribution in [0.25, 0.3) is 0 Å². The van der Waals surface area contributed by atoms with Crippen LogP contribution in [0.3, 0.4) is 0 Å². The highest BCUT2D eigenvalue weighted by Gasteiger charge is 2.29. The summed E-state index contributed by atoms with van der Waals surface area (Å²) >= 11 is 0. The van der Waals surface area contributed by atoms with Gasteiger partial charge in [0.25, 0.3) is 0 Å². The molecule has 0 amide bonds. The van der Waals surface area contributed by atoms with E-state index in [1.807, 2.05) is 25.1 Å². The molecule has 2 rings (SSSR count). The molecule has 3 unspecified atom stereocenters. The zero-order valence-electron chi connectivity index (χ0n) is 11.5. The van der Waals surface area contributed by atoms with Gasteiger partial charge in [0.1, 0.15) is 0 Å². The molecule has 3 atom stereocenters. The molecule has 0 radical (unpaired) electrons. The van der Waals surface area contributed by atoms with E-state index in [2.05, 4.69) is 13.8 Å². The molecule has 1 aromatic rings. The van der Waals surface area contributed by atoms with E-state index in [1.54, 1.807) is 0 Å². The average molecular weight is 265 g/mol. The molecule has 1 fully saturated rings. The van der Waals surface area contributed by atoms with Crippen molar-refractivity contribution in [3.05, 3.63) is 23.8 Å². The maximum absolute atomic E-state index is 12.7. The van der Waals surface area contributed by atoms with Gasteiger partial charge in [-0.25, -0.2) is 0 Å². The van der Waals surface area contributed by atoms with E-state index in [1.165, 1.54) is 6.42 Å². The largest absolute Gasteiger partial charge is 0.399 e. The molecular formula is C15H23NOS. The first kappa shape index (κ1) is 13.6. The van der Waals surface area contributed by atoms with Gasteiger partial charge in [0, 0.05) is 15.8 Å². The molecule has 1 aliphatic rings. The molecule has 100 valence electrons. The zero-order chi connectivity index (χ0) is 13.3. The van der Waals surface area contributed by atoms with Crippen LogP contribution in [0.2, 0.25) is 0 Å². The lowest BCUT2D eigenvalue weighted by Gasteiger charge is -2.31. The summed E-state index contributed by atoms with van der Waals surface area (Å²) in [6, 6.07) is 5.73. The average Bonchev–Trinajstić information content (AvgIpc) is 2.30. The standard InChI is InChI=1S/C15H23NOS/c1-10-6-11(2)8-14(7-10)18(17)15-9-13(16)5-4-12(15)3/h4-5,9-11,14H,6-8,16H2,1-3H3. The molecule has 1 aliphatic carbocycles. The van der Waals surface area contributed by atoms with Crippen molar-refractivity contribution in [1.29, 1.82) is 0 Å². The lowest BCUT2D eigenvalue weighted by Crippen LogP contribution is -2.27. The Morgan fingerprint density at radius 1 is 1.17 bits per heavy atom. The molecule has 1 aromatic carbocycles. The van der Waals surface area contributed by atoms with Crippen molar-refractivity contribution in [2.24, 2.45) is 11.8 Å². The number of benzene rings is 1. The third-order valence-corrected chi connectivity index (χ3v) is 5.73. The van der Waals surface area contributed by atoms with Crippen LogP contribution in [0.5, 0.6) is 0 Å². The van der Waals surface area contributed by atoms with Gasteiger partial charge in [-0.2, -0.15) is 0 Å². The highest BCUT2D eigenvalue weighted by molar-refractivity contribution is 7.85. The van der Waals surface area contributed by atoms with Crippen molar-refractivity contribution in [2.75, 3.05) is 5.73 Å². The van der Waals surface area contributed by atoms with Gasteiger partial charge < -0.3 is 5.73 Å². The van der Waals surface area contributed by atoms with E-state index in [0.29, 0.717) is 22.8 Å². The fourth-order valence-corrected chi connectivity index (χ4v) is 5.06. The molecule has 2 nitrogen and oxygen atoms in total. The molecule has 0 spiro atoms. The predicted octanol–water partition coefficient (Wildman–Crippen LogP) is 3.51. The fraction of sp³-hybridized carbons (Fsp3) is 0.600. The topological polar surface area (TPSA) is 43.1 Å². The third-order valence-electron chi connectivity index (χ3n) is 3.87. The Balaban J connectivity index is 2.22. The second kappa shape index (κ2) is 5.43. The SMILES string of the molecule is Cc1ccc(N)cc1S(=O)C1CC(C)CC(C)C1. The van der Waals surface area contributed by atoms with Gasteiger partial charge in [-0.3, -0.25) is 4.21 Å². The minimum atomic E-state index is -0.913. The summed E-state index contributed by atoms with van der Waals surface area (Å²) in [5.74, 6) is 1.37. The summed E-state index contributed by atoms with van der Waals surface area (Å²) in [5, 5.41) is 0.296. The van der Waals surface area contributed by atoms with Crippen molar-refractivity contribution < 1.29 is 4.21 Å². The van der Waals surface area contributed by atoms with Crippen molar-refractivity contribution in [3.63, 3.8) is 0 Å². The Morgan fingerprint density at radius 2 is 1.78 bits per heavy atom. The summed E-state index contributed by atoms with van der Waals surface area (Å²) in [4.78, 5) is 0.932. The van der Waals surface area contributed by atoms with E-state index in [0.717, 1.165) is 23.3 Å². The molecule has 2 N–H and O–H groups in total. The summed E-state index contributed by atoms with van der Waals surface area (Å²) in [7, 11) is -0.913. The number of nitrogen functional groups attached to an aromatic ring is 1. The number of hydrogen-bond acceptors (Lipinski definition) is 2. The first-order chi connectivity index (χ1) is 8.47. The molecule has 0 bridgehead atoms. The van der Waals surface area contributed by atoms with E-state index < -0.39 is 10.8 Å². The van der Waals surface area contributed by atoms with Crippen LogP contribution >= 0.6 is 0 Å². The minimum absolute atomic E-state index is 0.296. The fourth-order valence-electron chi connectivity index (χ4n) is 3.06. The predicted molar refractivity (Wildman–Crippen MR) is 78.0 cm³/mol. The summed E-state index contributed by atoms with van der Waals surface area (Å²) < 4.78 is 12.7. The Morgan fingerprint density at radius 3 is 2.39 bits per heavy atom. The van der Waals surface area contributed by atoms with Crippen LogP contribution in [0.15, 0.2) is 23.1 Å². The maximum atomic E-state index is 12.7. The van der Waals surface area contributed by atoms with Crippen LogP contribution in [-0.2, 0) is 10.8 Å². The lowest BCUT2D eigenvalue weighted by molar-refractivity contribution is 0.305. The molecule has 0 aromatic heterocycles. The van der Waals surface area contributed by atoms with E-state index in [4.69, 9.17) is 5.73 Å². The number of rotatable bonds is 2. The monoisotopic (exact) mass is 265 g/mol. The highest BCUT2D eigenvalue weighted by Crippen LogP contribution is 2.34. The number of nitrogens with two attached hydrogens (primary N) is 1. The molecule has 1 saturated carbocycles. The van der Waals surface area contributed by atoms with Crippen molar-refractivity contribution in [2.45, 2.75) is 50.2 Å². The van der Waals surface area contributed by atoms with E-state index in [-0.39, 0.29) is 0 Å². The van der Waals surface area contributed by atoms with Gasteiger partial charge in [-0.1, -0.05) is 19.9 Å². The summed E-state index contributed by atoms with van der Waals surface area (Å²) in [6.07, 6.45) is 3.42. The Labute approximate surface area is 112 Å². The maximum Gasteiger partial charge on any atom is 0.0564 e. The second-order valence-electron chi connectivity index (χ2n) is 5.86. The number of anilines is 1. The zero-order valence-corrected chi connectivity index (χ0v) is 12.3. The van der Waals surface area contributed by atoms with E-state index in [9.17, 15) is 4.21 Å². The molecule has 0 saturated heterocycles. The van der Waals surface area contributed by atoms with Gasteiger partial charge in [0.2, 0.25) is 0 Å². The van der Waals surface area contributed by atoms with Gasteiger partial charge in [-0.15, -0.1) is 0 Å². The smallest absolute Gasteiger partial charge is 0.0564 e. The van der Waals surface area contributed by atoms with Crippen LogP contribution in [0, 0.1) is 18.8 Å². The molecule has 0 heterocycles. The van der Waals surface area contributed by atoms with Crippen molar-refractivity contribution in [3.8, 4) is 0 Å². The highest BCUT2D eigenvalue weighted by atomic mass is 32.2. The van der Waals surface area contributed by atoms with E-state index >= 15 is 0 Å². The third kappa shape index (κ3) is 2.94. The van der Waals surface area contributed by atoms with Gasteiger partial charge in [0.15, 0.2) is 0 Å². The Kier molecular flexibility index (Phi) is 4.10. The van der Waals surface area contributed by atoms with Crippen molar-refractivity contribution in [1.82, 2.24) is 0 Å². The first-order valence-electron chi connectivity index (χ1n) is 6.74. The van der Waals surface area contributed by atoms with Gasteiger partial charge in [0.05, 0.1) is 10.8 Å². The van der Waals surface area contributed by atoms with Crippen LogP contribution in [-0.4, -0.2) is 9.46 Å². The second-order valence-corrected chi connectivity index (χ2v) is 7.56. The molecule has 0 aliphatic heterocycles.